The normalized spacial score (nSPS) is 18.8. The summed E-state index contributed by atoms with van der Waals surface area (Å²) in [5, 5.41) is 27.9. The molecule has 1 N–H and O–H groups in total. The van der Waals surface area contributed by atoms with Gasteiger partial charge in [-0.2, -0.15) is 5.26 Å². The SMILES string of the molecule is Cc1c(C(CC(=O)O)c2ccc3c(c2)C(N2Cc4cc(C#N)ccc4OC(C)(C)C2)CC3)ccc2c1nnn2C. The van der Waals surface area contributed by atoms with Gasteiger partial charge in [-0.15, -0.1) is 5.10 Å². The topological polar surface area (TPSA) is 104 Å². The minimum atomic E-state index is -0.836. The second-order valence-electron chi connectivity index (χ2n) is 11.7. The van der Waals surface area contributed by atoms with Crippen molar-refractivity contribution in [2.75, 3.05) is 6.54 Å². The number of aliphatic carboxylic acids is 1. The number of benzene rings is 3. The average Bonchev–Trinajstić information content (AvgIpc) is 3.47. The first-order chi connectivity index (χ1) is 19.1. The Kier molecular flexibility index (Phi) is 6.35. The molecular weight excluding hydrogens is 502 g/mol. The Morgan fingerprint density at radius 1 is 1.20 bits per heavy atom. The van der Waals surface area contributed by atoms with Gasteiger partial charge in [-0.1, -0.05) is 29.5 Å². The fourth-order valence-electron chi connectivity index (χ4n) is 6.59. The van der Waals surface area contributed by atoms with E-state index in [-0.39, 0.29) is 18.4 Å². The number of hydrogen-bond donors (Lipinski definition) is 1. The Balaban J connectivity index is 1.40. The molecule has 8 nitrogen and oxygen atoms in total. The molecule has 6 rings (SSSR count). The van der Waals surface area contributed by atoms with Gasteiger partial charge in [0, 0.05) is 37.7 Å². The molecule has 4 aromatic rings. The molecular formula is C32H33N5O3. The van der Waals surface area contributed by atoms with Crippen molar-refractivity contribution in [1.29, 1.82) is 5.26 Å². The third kappa shape index (κ3) is 4.61. The van der Waals surface area contributed by atoms with Crippen LogP contribution < -0.4 is 4.74 Å². The van der Waals surface area contributed by atoms with Crippen molar-refractivity contribution in [3.8, 4) is 11.8 Å². The van der Waals surface area contributed by atoms with E-state index in [0.29, 0.717) is 12.1 Å². The van der Waals surface area contributed by atoms with Crippen molar-refractivity contribution in [2.24, 2.45) is 7.05 Å². The Labute approximate surface area is 233 Å². The highest BCUT2D eigenvalue weighted by Gasteiger charge is 2.36. The lowest BCUT2D eigenvalue weighted by Gasteiger charge is -2.34. The Hall–Kier alpha value is -4.22. The van der Waals surface area contributed by atoms with Crippen molar-refractivity contribution < 1.29 is 14.6 Å². The van der Waals surface area contributed by atoms with E-state index in [0.717, 1.165) is 58.4 Å². The summed E-state index contributed by atoms with van der Waals surface area (Å²) in [7, 11) is 1.86. The van der Waals surface area contributed by atoms with Crippen LogP contribution in [0.15, 0.2) is 48.5 Å². The zero-order chi connectivity index (χ0) is 28.2. The summed E-state index contributed by atoms with van der Waals surface area (Å²) in [5.41, 5.74) is 8.45. The predicted octanol–water partition coefficient (Wildman–Crippen LogP) is 5.42. The van der Waals surface area contributed by atoms with Gasteiger partial charge in [-0.3, -0.25) is 9.69 Å². The van der Waals surface area contributed by atoms with Gasteiger partial charge in [0.05, 0.1) is 23.6 Å². The zero-order valence-corrected chi connectivity index (χ0v) is 23.3. The lowest BCUT2D eigenvalue weighted by molar-refractivity contribution is -0.137. The fourth-order valence-corrected chi connectivity index (χ4v) is 6.59. The Morgan fingerprint density at radius 3 is 2.80 bits per heavy atom. The number of carbonyl (C=O) groups is 1. The monoisotopic (exact) mass is 535 g/mol. The van der Waals surface area contributed by atoms with Gasteiger partial charge in [0.2, 0.25) is 0 Å². The number of carboxylic acid groups (broad SMARTS) is 1. The van der Waals surface area contributed by atoms with Crippen molar-refractivity contribution >= 4 is 17.0 Å². The standard InChI is InChI=1S/C32H33N5O3/c1-19-24(9-11-28-31(19)34-35-36(28)4)25(15-30(38)39)22-7-6-21-8-10-27(26(21)14-22)37-17-23-13-20(16-33)5-12-29(23)40-32(2,3)18-37/h5-7,9,11-14,25,27H,8,10,15,17-18H2,1-4H3,(H,38,39). The van der Waals surface area contributed by atoms with Crippen LogP contribution in [-0.2, 0) is 24.8 Å². The maximum absolute atomic E-state index is 12.1. The molecule has 2 unspecified atom stereocenters. The number of fused-ring (bicyclic) bond motifs is 3. The van der Waals surface area contributed by atoms with Gasteiger partial charge in [-0.05, 0) is 85.7 Å². The van der Waals surface area contributed by atoms with E-state index >= 15 is 0 Å². The summed E-state index contributed by atoms with van der Waals surface area (Å²) >= 11 is 0. The summed E-state index contributed by atoms with van der Waals surface area (Å²) < 4.78 is 8.14. The minimum Gasteiger partial charge on any atom is -0.486 e. The van der Waals surface area contributed by atoms with Crippen LogP contribution in [0.1, 0.15) is 77.6 Å². The van der Waals surface area contributed by atoms with Crippen molar-refractivity contribution in [3.05, 3.63) is 87.5 Å². The number of rotatable bonds is 5. The number of aryl methyl sites for hydroxylation is 3. The van der Waals surface area contributed by atoms with Crippen LogP contribution in [0.3, 0.4) is 0 Å². The molecule has 0 saturated heterocycles. The number of carboxylic acids is 1. The second-order valence-corrected chi connectivity index (χ2v) is 11.7. The quantitative estimate of drug-likeness (QED) is 0.364. The van der Waals surface area contributed by atoms with Gasteiger partial charge < -0.3 is 9.84 Å². The highest BCUT2D eigenvalue weighted by Crippen LogP contribution is 2.43. The summed E-state index contributed by atoms with van der Waals surface area (Å²) in [6, 6.07) is 18.6. The van der Waals surface area contributed by atoms with E-state index in [1.54, 1.807) is 4.68 Å². The first kappa shape index (κ1) is 26.0. The molecule has 1 aliphatic carbocycles. The molecule has 0 saturated carbocycles. The third-order valence-electron chi connectivity index (χ3n) is 8.43. The molecule has 204 valence electrons. The molecule has 2 atom stereocenters. The highest BCUT2D eigenvalue weighted by atomic mass is 16.5. The third-order valence-corrected chi connectivity index (χ3v) is 8.43. The van der Waals surface area contributed by atoms with Gasteiger partial charge in [0.25, 0.3) is 0 Å². The van der Waals surface area contributed by atoms with Gasteiger partial charge in [0.15, 0.2) is 0 Å². The van der Waals surface area contributed by atoms with Crippen LogP contribution in [-0.4, -0.2) is 43.1 Å². The summed E-state index contributed by atoms with van der Waals surface area (Å²) in [5.74, 6) is -0.315. The van der Waals surface area contributed by atoms with Crippen LogP contribution in [0.2, 0.25) is 0 Å². The van der Waals surface area contributed by atoms with Crippen molar-refractivity contribution in [2.45, 2.75) is 64.1 Å². The second kappa shape index (κ2) is 9.76. The Morgan fingerprint density at radius 2 is 2.02 bits per heavy atom. The molecule has 1 aromatic heterocycles. The first-order valence-electron chi connectivity index (χ1n) is 13.7. The summed E-state index contributed by atoms with van der Waals surface area (Å²) in [6.07, 6.45) is 1.94. The van der Waals surface area contributed by atoms with E-state index in [9.17, 15) is 15.2 Å². The lowest BCUT2D eigenvalue weighted by Crippen LogP contribution is -2.41. The molecule has 40 heavy (non-hydrogen) atoms. The molecule has 8 heteroatoms. The Bertz CT molecular complexity index is 1680. The maximum atomic E-state index is 12.1. The number of aromatic nitrogens is 3. The number of hydrogen-bond acceptors (Lipinski definition) is 6. The molecule has 0 bridgehead atoms. The summed E-state index contributed by atoms with van der Waals surface area (Å²) in [4.78, 5) is 14.5. The van der Waals surface area contributed by atoms with E-state index in [4.69, 9.17) is 4.74 Å². The van der Waals surface area contributed by atoms with Crippen LogP contribution >= 0.6 is 0 Å². The minimum absolute atomic E-state index is 0.00897. The summed E-state index contributed by atoms with van der Waals surface area (Å²) in [6.45, 7) is 7.63. The molecule has 1 aliphatic heterocycles. The predicted molar refractivity (Wildman–Crippen MR) is 151 cm³/mol. The zero-order valence-electron chi connectivity index (χ0n) is 23.3. The largest absolute Gasteiger partial charge is 0.486 e. The molecule has 0 spiro atoms. The number of nitrogens with zero attached hydrogens (tertiary/aromatic N) is 5. The van der Waals surface area contributed by atoms with Gasteiger partial charge in [-0.25, -0.2) is 4.68 Å². The first-order valence-corrected chi connectivity index (χ1v) is 13.7. The van der Waals surface area contributed by atoms with Crippen LogP contribution in [0.25, 0.3) is 11.0 Å². The molecule has 2 aliphatic rings. The molecule has 0 fully saturated rings. The molecule has 3 aromatic carbocycles. The van der Waals surface area contributed by atoms with Gasteiger partial charge in [0.1, 0.15) is 16.9 Å². The lowest BCUT2D eigenvalue weighted by atomic mass is 9.84. The molecule has 2 heterocycles. The van der Waals surface area contributed by atoms with Crippen LogP contribution in [0.4, 0.5) is 0 Å². The van der Waals surface area contributed by atoms with Crippen molar-refractivity contribution in [3.63, 3.8) is 0 Å². The van der Waals surface area contributed by atoms with E-state index in [1.165, 1.54) is 11.1 Å². The maximum Gasteiger partial charge on any atom is 0.304 e. The molecule has 0 radical (unpaired) electrons. The fraction of sp³-hybridized carbons (Fsp3) is 0.375. The van der Waals surface area contributed by atoms with E-state index < -0.39 is 11.6 Å². The molecule has 0 amide bonds. The van der Waals surface area contributed by atoms with Crippen LogP contribution in [0.5, 0.6) is 5.75 Å². The van der Waals surface area contributed by atoms with E-state index in [1.807, 2.05) is 44.3 Å². The highest BCUT2D eigenvalue weighted by molar-refractivity contribution is 5.80. The van der Waals surface area contributed by atoms with E-state index in [2.05, 4.69) is 53.3 Å². The smallest absolute Gasteiger partial charge is 0.304 e. The van der Waals surface area contributed by atoms with Gasteiger partial charge >= 0.3 is 5.97 Å². The van der Waals surface area contributed by atoms with Crippen molar-refractivity contribution in [1.82, 2.24) is 19.9 Å². The number of ether oxygens (including phenoxy) is 1. The number of nitriles is 1. The van der Waals surface area contributed by atoms with Crippen LogP contribution in [0, 0.1) is 18.3 Å². The average molecular weight is 536 g/mol.